The molecule has 0 aromatic heterocycles. The van der Waals surface area contributed by atoms with E-state index >= 15 is 0 Å². The SMILES string of the molecule is Cc1cc(C)cc(C2NN(c3ccccc3)C(=S)N(c3ccccc3)N2)c1. The monoisotopic (exact) mass is 374 g/mol. The lowest BCUT2D eigenvalue weighted by Crippen LogP contribution is -2.65. The summed E-state index contributed by atoms with van der Waals surface area (Å²) in [5.74, 6) is 0. The first kappa shape index (κ1) is 17.7. The molecule has 0 atom stereocenters. The highest BCUT2D eigenvalue weighted by atomic mass is 32.1. The van der Waals surface area contributed by atoms with Gasteiger partial charge in [0.25, 0.3) is 0 Å². The van der Waals surface area contributed by atoms with Crippen molar-refractivity contribution < 1.29 is 0 Å². The maximum Gasteiger partial charge on any atom is 0.210 e. The molecule has 27 heavy (non-hydrogen) atoms. The first-order chi connectivity index (χ1) is 13.1. The molecule has 0 spiro atoms. The highest BCUT2D eigenvalue weighted by Crippen LogP contribution is 2.26. The fraction of sp³-hybridized carbons (Fsp3) is 0.136. The quantitative estimate of drug-likeness (QED) is 0.653. The minimum atomic E-state index is -0.115. The van der Waals surface area contributed by atoms with Gasteiger partial charge in [-0.05, 0) is 55.9 Å². The minimum Gasteiger partial charge on any atom is -0.249 e. The minimum absolute atomic E-state index is 0.115. The number of hydrogen-bond acceptors (Lipinski definition) is 3. The van der Waals surface area contributed by atoms with Crippen molar-refractivity contribution in [3.8, 4) is 0 Å². The van der Waals surface area contributed by atoms with E-state index in [4.69, 9.17) is 12.2 Å². The number of benzene rings is 3. The van der Waals surface area contributed by atoms with E-state index in [-0.39, 0.29) is 6.17 Å². The third kappa shape index (κ3) is 3.71. The summed E-state index contributed by atoms with van der Waals surface area (Å²) in [7, 11) is 0. The zero-order chi connectivity index (χ0) is 18.8. The predicted molar refractivity (Wildman–Crippen MR) is 115 cm³/mol. The maximum atomic E-state index is 5.79. The molecule has 136 valence electrons. The van der Waals surface area contributed by atoms with E-state index in [1.807, 2.05) is 70.7 Å². The molecular weight excluding hydrogens is 352 g/mol. The van der Waals surface area contributed by atoms with E-state index in [0.29, 0.717) is 5.11 Å². The van der Waals surface area contributed by atoms with E-state index in [0.717, 1.165) is 16.9 Å². The molecule has 3 aromatic carbocycles. The van der Waals surface area contributed by atoms with E-state index in [1.165, 1.54) is 11.1 Å². The number of aryl methyl sites for hydroxylation is 2. The summed E-state index contributed by atoms with van der Waals surface area (Å²) in [5, 5.41) is 4.57. The van der Waals surface area contributed by atoms with Gasteiger partial charge >= 0.3 is 0 Å². The second kappa shape index (κ2) is 7.48. The molecule has 0 bridgehead atoms. The van der Waals surface area contributed by atoms with Crippen LogP contribution >= 0.6 is 12.2 Å². The summed E-state index contributed by atoms with van der Waals surface area (Å²) >= 11 is 5.79. The van der Waals surface area contributed by atoms with Crippen LogP contribution in [0.1, 0.15) is 22.9 Å². The number of nitrogens with zero attached hydrogens (tertiary/aromatic N) is 2. The Kier molecular flexibility index (Phi) is 4.90. The molecule has 1 fully saturated rings. The van der Waals surface area contributed by atoms with Crippen LogP contribution in [0.15, 0.2) is 78.9 Å². The second-order valence-corrected chi connectivity index (χ2v) is 7.10. The molecular formula is C22H22N4S. The van der Waals surface area contributed by atoms with Gasteiger partial charge in [0.05, 0.1) is 11.4 Å². The zero-order valence-electron chi connectivity index (χ0n) is 15.4. The van der Waals surface area contributed by atoms with Gasteiger partial charge in [-0.3, -0.25) is 0 Å². The lowest BCUT2D eigenvalue weighted by atomic mass is 10.1. The van der Waals surface area contributed by atoms with Gasteiger partial charge in [0.2, 0.25) is 5.11 Å². The molecule has 0 radical (unpaired) electrons. The summed E-state index contributed by atoms with van der Waals surface area (Å²) in [6.07, 6.45) is -0.115. The summed E-state index contributed by atoms with van der Waals surface area (Å²) in [5.41, 5.74) is 12.7. The molecule has 0 amide bonds. The van der Waals surface area contributed by atoms with Crippen LogP contribution in [0.5, 0.6) is 0 Å². The van der Waals surface area contributed by atoms with Crippen LogP contribution in [0.25, 0.3) is 0 Å². The molecule has 4 nitrogen and oxygen atoms in total. The van der Waals surface area contributed by atoms with Crippen LogP contribution in [0, 0.1) is 13.8 Å². The van der Waals surface area contributed by atoms with Crippen molar-refractivity contribution >= 4 is 28.7 Å². The van der Waals surface area contributed by atoms with Gasteiger partial charge in [-0.25, -0.2) is 20.9 Å². The van der Waals surface area contributed by atoms with Crippen molar-refractivity contribution in [2.24, 2.45) is 0 Å². The number of thiocarbonyl (C=S) groups is 1. The fourth-order valence-corrected chi connectivity index (χ4v) is 3.66. The molecule has 2 N–H and O–H groups in total. The van der Waals surface area contributed by atoms with E-state index in [9.17, 15) is 0 Å². The van der Waals surface area contributed by atoms with E-state index < -0.39 is 0 Å². The Morgan fingerprint density at radius 2 is 1.15 bits per heavy atom. The number of para-hydroxylation sites is 2. The van der Waals surface area contributed by atoms with Crippen LogP contribution in [-0.4, -0.2) is 5.11 Å². The van der Waals surface area contributed by atoms with Gasteiger partial charge in [0.1, 0.15) is 6.17 Å². The van der Waals surface area contributed by atoms with Crippen molar-refractivity contribution in [1.82, 2.24) is 10.9 Å². The average molecular weight is 375 g/mol. The number of rotatable bonds is 3. The number of hydrogen-bond donors (Lipinski definition) is 2. The van der Waals surface area contributed by atoms with Gasteiger partial charge in [0, 0.05) is 0 Å². The Bertz CT molecular complexity index is 871. The smallest absolute Gasteiger partial charge is 0.210 e. The number of anilines is 2. The molecule has 0 aliphatic carbocycles. The van der Waals surface area contributed by atoms with Gasteiger partial charge in [-0.1, -0.05) is 65.7 Å². The van der Waals surface area contributed by atoms with Gasteiger partial charge in [-0.2, -0.15) is 0 Å². The van der Waals surface area contributed by atoms with Crippen LogP contribution in [0.4, 0.5) is 11.4 Å². The highest BCUT2D eigenvalue weighted by molar-refractivity contribution is 7.80. The average Bonchev–Trinajstić information content (AvgIpc) is 2.69. The predicted octanol–water partition coefficient (Wildman–Crippen LogP) is 4.62. The Hall–Kier alpha value is -2.73. The summed E-state index contributed by atoms with van der Waals surface area (Å²) in [6.45, 7) is 4.24. The van der Waals surface area contributed by atoms with Crippen molar-refractivity contribution in [1.29, 1.82) is 0 Å². The third-order valence-corrected chi connectivity index (χ3v) is 4.87. The summed E-state index contributed by atoms with van der Waals surface area (Å²) < 4.78 is 0. The van der Waals surface area contributed by atoms with E-state index in [1.54, 1.807) is 0 Å². The zero-order valence-corrected chi connectivity index (χ0v) is 16.2. The lowest BCUT2D eigenvalue weighted by Gasteiger charge is -2.43. The third-order valence-electron chi connectivity index (χ3n) is 4.51. The molecule has 5 heteroatoms. The standard InChI is InChI=1S/C22H22N4S/c1-16-13-17(2)15-18(14-16)21-23-25(19-9-5-3-6-10-19)22(27)26(24-21)20-11-7-4-8-12-20/h3-15,21,23-24H,1-2H3. The Labute approximate surface area is 165 Å². The fourth-order valence-electron chi connectivity index (χ4n) is 3.35. The van der Waals surface area contributed by atoms with Gasteiger partial charge in [0.15, 0.2) is 0 Å². The highest BCUT2D eigenvalue weighted by Gasteiger charge is 2.31. The molecule has 1 saturated heterocycles. The normalized spacial score (nSPS) is 15.3. The van der Waals surface area contributed by atoms with Crippen molar-refractivity contribution in [2.45, 2.75) is 20.0 Å². The lowest BCUT2D eigenvalue weighted by molar-refractivity contribution is 0.428. The van der Waals surface area contributed by atoms with E-state index in [2.05, 4.69) is 42.9 Å². The van der Waals surface area contributed by atoms with Crippen LogP contribution in [-0.2, 0) is 0 Å². The van der Waals surface area contributed by atoms with Crippen LogP contribution < -0.4 is 20.9 Å². The maximum absolute atomic E-state index is 5.79. The Morgan fingerprint density at radius 1 is 0.704 bits per heavy atom. The summed E-state index contributed by atoms with van der Waals surface area (Å²) in [4.78, 5) is 0. The first-order valence-electron chi connectivity index (χ1n) is 8.97. The molecule has 0 unspecified atom stereocenters. The van der Waals surface area contributed by atoms with Crippen LogP contribution in [0.3, 0.4) is 0 Å². The molecule has 3 aromatic rings. The second-order valence-electron chi connectivity index (χ2n) is 6.74. The van der Waals surface area contributed by atoms with Crippen molar-refractivity contribution in [2.75, 3.05) is 10.0 Å². The van der Waals surface area contributed by atoms with Gasteiger partial charge < -0.3 is 0 Å². The number of nitrogens with one attached hydrogen (secondary N) is 2. The molecule has 1 aliphatic heterocycles. The largest absolute Gasteiger partial charge is 0.249 e. The topological polar surface area (TPSA) is 30.5 Å². The van der Waals surface area contributed by atoms with Crippen molar-refractivity contribution in [3.63, 3.8) is 0 Å². The first-order valence-corrected chi connectivity index (χ1v) is 9.37. The number of hydrazine groups is 2. The van der Waals surface area contributed by atoms with Crippen molar-refractivity contribution in [3.05, 3.63) is 95.6 Å². The molecule has 0 saturated carbocycles. The van der Waals surface area contributed by atoms with Crippen LogP contribution in [0.2, 0.25) is 0 Å². The molecule has 4 rings (SSSR count). The Balaban J connectivity index is 1.75. The molecule has 1 aliphatic rings. The van der Waals surface area contributed by atoms with Gasteiger partial charge in [-0.15, -0.1) is 0 Å². The molecule has 1 heterocycles. The summed E-state index contributed by atoms with van der Waals surface area (Å²) in [6, 6.07) is 26.8. The Morgan fingerprint density at radius 3 is 1.59 bits per heavy atom.